The molecule has 0 aromatic heterocycles. The first-order chi connectivity index (χ1) is 19.0. The average Bonchev–Trinajstić information content (AvgIpc) is 3.28. The number of carbonyl (C=O) groups excluding carboxylic acids is 3. The van der Waals surface area contributed by atoms with Crippen LogP contribution in [-0.2, 0) is 28.5 Å². The highest BCUT2D eigenvalue weighted by molar-refractivity contribution is 6.39. The largest absolute Gasteiger partial charge is 0.510 e. The van der Waals surface area contributed by atoms with E-state index in [-0.39, 0.29) is 24.5 Å². The van der Waals surface area contributed by atoms with E-state index in [1.54, 1.807) is 32.9 Å². The number of carbonyl (C=O) groups is 3. The zero-order valence-corrected chi connectivity index (χ0v) is 23.0. The molecule has 9 heteroatoms. The first-order valence-corrected chi connectivity index (χ1v) is 12.8. The Kier molecular flexibility index (Phi) is 8.52. The Hall–Kier alpha value is -4.66. The van der Waals surface area contributed by atoms with Crippen molar-refractivity contribution in [2.75, 3.05) is 18.2 Å². The summed E-state index contributed by atoms with van der Waals surface area (Å²) in [7, 11) is 0. The Morgan fingerprint density at radius 3 is 2.23 bits per heavy atom. The molecule has 3 aromatic carbocycles. The molecule has 2 unspecified atom stereocenters. The molecule has 208 valence electrons. The number of benzene rings is 3. The van der Waals surface area contributed by atoms with Gasteiger partial charge in [-0.2, -0.15) is 5.10 Å². The predicted octanol–water partition coefficient (Wildman–Crippen LogP) is 5.74. The molecular weight excluding hydrogens is 512 g/mol. The van der Waals surface area contributed by atoms with E-state index < -0.39 is 35.8 Å². The first-order valence-electron chi connectivity index (χ1n) is 12.8. The zero-order valence-electron chi connectivity index (χ0n) is 23.0. The maximum atomic E-state index is 13.4. The van der Waals surface area contributed by atoms with Crippen LogP contribution in [0.2, 0.25) is 0 Å². The minimum absolute atomic E-state index is 0.0268. The van der Waals surface area contributed by atoms with E-state index in [1.807, 2.05) is 60.7 Å². The van der Waals surface area contributed by atoms with Gasteiger partial charge >= 0.3 is 18.1 Å². The molecule has 40 heavy (non-hydrogen) atoms. The Morgan fingerprint density at radius 2 is 1.55 bits per heavy atom. The minimum Gasteiger partial charge on any atom is -0.459 e. The fourth-order valence-electron chi connectivity index (χ4n) is 4.14. The molecule has 0 amide bonds. The fraction of sp³-hybridized carbons (Fsp3) is 0.290. The van der Waals surface area contributed by atoms with E-state index in [2.05, 4.69) is 11.7 Å². The van der Waals surface area contributed by atoms with Crippen LogP contribution < -0.4 is 5.01 Å². The molecule has 0 saturated heterocycles. The van der Waals surface area contributed by atoms with Crippen molar-refractivity contribution in [2.24, 2.45) is 5.10 Å². The Morgan fingerprint density at radius 1 is 0.900 bits per heavy atom. The average molecular weight is 545 g/mol. The molecule has 0 radical (unpaired) electrons. The summed E-state index contributed by atoms with van der Waals surface area (Å²) in [6.45, 7) is 9.92. The molecule has 9 nitrogen and oxygen atoms in total. The lowest BCUT2D eigenvalue weighted by Crippen LogP contribution is -2.39. The van der Waals surface area contributed by atoms with Gasteiger partial charge in [-0.05, 0) is 56.2 Å². The fourth-order valence-corrected chi connectivity index (χ4v) is 4.14. The summed E-state index contributed by atoms with van der Waals surface area (Å²) < 4.78 is 21.8. The summed E-state index contributed by atoms with van der Waals surface area (Å²) in [4.78, 5) is 38.0. The van der Waals surface area contributed by atoms with Crippen molar-refractivity contribution in [2.45, 2.75) is 45.4 Å². The minimum atomic E-state index is -1.05. The van der Waals surface area contributed by atoms with E-state index in [0.717, 1.165) is 10.8 Å². The van der Waals surface area contributed by atoms with Crippen LogP contribution in [0, 0.1) is 0 Å². The lowest BCUT2D eigenvalue weighted by molar-refractivity contribution is -0.145. The summed E-state index contributed by atoms with van der Waals surface area (Å²) in [5.74, 6) is -2.13. The number of hydrogen-bond donors (Lipinski definition) is 0. The molecule has 0 N–H and O–H groups in total. The summed E-state index contributed by atoms with van der Waals surface area (Å²) in [6, 6.07) is 22.6. The lowest BCUT2D eigenvalue weighted by Gasteiger charge is -2.29. The molecule has 0 fully saturated rings. The molecule has 1 aliphatic rings. The van der Waals surface area contributed by atoms with Crippen LogP contribution in [0.1, 0.15) is 39.2 Å². The lowest BCUT2D eigenvalue weighted by atomic mass is 9.91. The van der Waals surface area contributed by atoms with E-state index in [4.69, 9.17) is 18.9 Å². The highest BCUT2D eigenvalue weighted by Crippen LogP contribution is 2.37. The predicted molar refractivity (Wildman–Crippen MR) is 151 cm³/mol. The van der Waals surface area contributed by atoms with Gasteiger partial charge in [0.2, 0.25) is 6.23 Å². The third kappa shape index (κ3) is 6.85. The normalized spacial score (nSPS) is 16.7. The van der Waals surface area contributed by atoms with Crippen LogP contribution in [0.4, 0.5) is 10.5 Å². The first kappa shape index (κ1) is 28.4. The maximum absolute atomic E-state index is 13.4. The molecule has 4 rings (SSSR count). The molecule has 0 saturated carbocycles. The third-order valence-electron chi connectivity index (χ3n) is 5.90. The number of rotatable bonds is 8. The molecule has 3 aromatic rings. The quantitative estimate of drug-likeness (QED) is 0.153. The van der Waals surface area contributed by atoms with Crippen LogP contribution in [0.15, 0.2) is 90.0 Å². The number of esters is 2. The van der Waals surface area contributed by atoms with Crippen molar-refractivity contribution in [1.29, 1.82) is 0 Å². The van der Waals surface area contributed by atoms with Gasteiger partial charge in [0, 0.05) is 5.57 Å². The number of nitrogens with zero attached hydrogens (tertiary/aromatic N) is 2. The van der Waals surface area contributed by atoms with E-state index in [9.17, 15) is 14.4 Å². The standard InChI is InChI=1S/C31H32N2O7/c1-20(2)28(34)37-17-18-38-29(35)26-25(23-16-15-21-11-9-10-12-22(21)19-23)27(39-30(36)40-31(3,4)5)33(32-26)24-13-7-6-8-14-24/h6-16,19,25,27H,1,17-18H2,2-5H3. The van der Waals surface area contributed by atoms with Crippen LogP contribution in [0.3, 0.4) is 0 Å². The van der Waals surface area contributed by atoms with Gasteiger partial charge in [0.15, 0.2) is 5.71 Å². The second kappa shape index (κ2) is 12.0. The maximum Gasteiger partial charge on any atom is 0.510 e. The highest BCUT2D eigenvalue weighted by Gasteiger charge is 2.46. The van der Waals surface area contributed by atoms with Crippen molar-refractivity contribution in [3.8, 4) is 0 Å². The van der Waals surface area contributed by atoms with Gasteiger partial charge in [-0.25, -0.2) is 19.4 Å². The second-order valence-corrected chi connectivity index (χ2v) is 10.3. The SMILES string of the molecule is C=C(C)C(=O)OCCOC(=O)C1=NN(c2ccccc2)C(OC(=O)OC(C)(C)C)C1c1ccc2ccccc2c1. The number of hydrazone groups is 1. The monoisotopic (exact) mass is 544 g/mol. The van der Waals surface area contributed by atoms with Gasteiger partial charge in [0.1, 0.15) is 18.8 Å². The summed E-state index contributed by atoms with van der Waals surface area (Å²) in [5.41, 5.74) is 0.757. The van der Waals surface area contributed by atoms with Gasteiger partial charge in [0.05, 0.1) is 11.6 Å². The van der Waals surface area contributed by atoms with Crippen LogP contribution >= 0.6 is 0 Å². The summed E-state index contributed by atoms with van der Waals surface area (Å²) >= 11 is 0. The number of ether oxygens (including phenoxy) is 4. The van der Waals surface area contributed by atoms with Crippen molar-refractivity contribution >= 4 is 40.3 Å². The van der Waals surface area contributed by atoms with E-state index >= 15 is 0 Å². The van der Waals surface area contributed by atoms with Crippen LogP contribution in [0.25, 0.3) is 10.8 Å². The van der Waals surface area contributed by atoms with E-state index in [1.165, 1.54) is 11.9 Å². The van der Waals surface area contributed by atoms with Crippen LogP contribution in [0.5, 0.6) is 0 Å². The Bertz CT molecular complexity index is 1440. The second-order valence-electron chi connectivity index (χ2n) is 10.3. The van der Waals surface area contributed by atoms with Crippen molar-refractivity contribution in [3.05, 3.63) is 90.5 Å². The highest BCUT2D eigenvalue weighted by atomic mass is 16.7. The van der Waals surface area contributed by atoms with Gasteiger partial charge in [-0.1, -0.05) is 67.2 Å². The number of hydrogen-bond acceptors (Lipinski definition) is 9. The Labute approximate surface area is 233 Å². The van der Waals surface area contributed by atoms with Crippen LogP contribution in [-0.4, -0.2) is 48.8 Å². The molecule has 0 aliphatic carbocycles. The molecule has 1 aliphatic heterocycles. The Balaban J connectivity index is 1.71. The van der Waals surface area contributed by atoms with E-state index in [0.29, 0.717) is 11.3 Å². The molecule has 2 atom stereocenters. The van der Waals surface area contributed by atoms with Crippen molar-refractivity contribution in [3.63, 3.8) is 0 Å². The topological polar surface area (TPSA) is 104 Å². The van der Waals surface area contributed by atoms with Gasteiger partial charge in [-0.3, -0.25) is 0 Å². The number of anilines is 1. The van der Waals surface area contributed by atoms with Gasteiger partial charge in [-0.15, -0.1) is 0 Å². The zero-order chi connectivity index (χ0) is 28.9. The summed E-state index contributed by atoms with van der Waals surface area (Å²) in [5, 5.41) is 8.01. The van der Waals surface area contributed by atoms with Crippen molar-refractivity contribution < 1.29 is 33.3 Å². The molecule has 0 bridgehead atoms. The molecular formula is C31H32N2O7. The van der Waals surface area contributed by atoms with Gasteiger partial charge in [0.25, 0.3) is 0 Å². The number of para-hydroxylation sites is 1. The third-order valence-corrected chi connectivity index (χ3v) is 5.90. The summed E-state index contributed by atoms with van der Waals surface area (Å²) in [6.07, 6.45) is -1.96. The smallest absolute Gasteiger partial charge is 0.459 e. The number of fused-ring (bicyclic) bond motifs is 1. The van der Waals surface area contributed by atoms with Crippen molar-refractivity contribution in [1.82, 2.24) is 0 Å². The van der Waals surface area contributed by atoms with Gasteiger partial charge < -0.3 is 18.9 Å². The molecule has 0 spiro atoms. The molecule has 1 heterocycles.